The van der Waals surface area contributed by atoms with Gasteiger partial charge in [-0.05, 0) is 19.4 Å². The Hall–Kier alpha value is -1.67. The van der Waals surface area contributed by atoms with Crippen molar-refractivity contribution in [3.63, 3.8) is 0 Å². The second-order valence-corrected chi connectivity index (χ2v) is 6.34. The maximum absolute atomic E-state index is 12.4. The van der Waals surface area contributed by atoms with Crippen molar-refractivity contribution in [3.8, 4) is 0 Å². The van der Waals surface area contributed by atoms with Crippen LogP contribution in [0.5, 0.6) is 0 Å². The number of aryl methyl sites for hydroxylation is 2. The van der Waals surface area contributed by atoms with Gasteiger partial charge in [-0.25, -0.2) is 13.1 Å². The highest BCUT2D eigenvalue weighted by Crippen LogP contribution is 2.16. The van der Waals surface area contributed by atoms with Crippen LogP contribution in [0.2, 0.25) is 0 Å². The van der Waals surface area contributed by atoms with E-state index >= 15 is 0 Å². The summed E-state index contributed by atoms with van der Waals surface area (Å²) in [6, 6.07) is 1.16. The highest BCUT2D eigenvalue weighted by Gasteiger charge is 2.22. The van der Waals surface area contributed by atoms with E-state index in [1.807, 2.05) is 6.92 Å². The molecular formula is C12H19N5O2S. The molecule has 0 bridgehead atoms. The quantitative estimate of drug-likeness (QED) is 0.864. The minimum atomic E-state index is -3.59. The Balaban J connectivity index is 2.20. The molecular weight excluding hydrogens is 278 g/mol. The lowest BCUT2D eigenvalue weighted by atomic mass is 10.2. The minimum absolute atomic E-state index is 0.190. The zero-order chi connectivity index (χ0) is 14.8. The molecule has 1 N–H and O–H groups in total. The summed E-state index contributed by atoms with van der Waals surface area (Å²) in [7, 11) is -1.80. The van der Waals surface area contributed by atoms with E-state index in [9.17, 15) is 8.42 Å². The number of nitrogens with one attached hydrogen (secondary N) is 1. The van der Waals surface area contributed by atoms with Crippen LogP contribution in [-0.2, 0) is 23.6 Å². The average molecular weight is 297 g/mol. The first-order valence-electron chi connectivity index (χ1n) is 6.46. The van der Waals surface area contributed by atoms with Gasteiger partial charge in [0.15, 0.2) is 5.03 Å². The van der Waals surface area contributed by atoms with E-state index in [4.69, 9.17) is 0 Å². The fraction of sp³-hybridized carbons (Fsp3) is 0.500. The standard InChI is InChI=1S/C12H19N5O2S/c1-4-7-17-12(5-6-13-17)20(18,19)15-10(2)11-8-14-16(3)9-11/h5-6,8-10,15H,4,7H2,1-3H3. The van der Waals surface area contributed by atoms with Crippen LogP contribution in [0, 0.1) is 0 Å². The molecule has 0 radical (unpaired) electrons. The molecule has 0 aliphatic carbocycles. The Bertz CT molecular complexity index is 674. The Kier molecular flexibility index (Phi) is 4.24. The molecule has 0 spiro atoms. The third kappa shape index (κ3) is 3.07. The zero-order valence-electron chi connectivity index (χ0n) is 11.8. The summed E-state index contributed by atoms with van der Waals surface area (Å²) in [4.78, 5) is 0. The van der Waals surface area contributed by atoms with Crippen LogP contribution in [0.4, 0.5) is 0 Å². The highest BCUT2D eigenvalue weighted by molar-refractivity contribution is 7.89. The van der Waals surface area contributed by atoms with E-state index in [0.717, 1.165) is 12.0 Å². The third-order valence-corrected chi connectivity index (χ3v) is 4.51. The number of sulfonamides is 1. The number of hydrogen-bond acceptors (Lipinski definition) is 4. The first kappa shape index (κ1) is 14.7. The van der Waals surface area contributed by atoms with Crippen molar-refractivity contribution in [2.45, 2.75) is 37.9 Å². The van der Waals surface area contributed by atoms with Gasteiger partial charge in [0.2, 0.25) is 0 Å². The van der Waals surface area contributed by atoms with Gasteiger partial charge < -0.3 is 0 Å². The van der Waals surface area contributed by atoms with Gasteiger partial charge in [0, 0.05) is 31.4 Å². The predicted octanol–water partition coefficient (Wildman–Crippen LogP) is 1.07. The van der Waals surface area contributed by atoms with Crippen molar-refractivity contribution in [1.29, 1.82) is 0 Å². The van der Waals surface area contributed by atoms with Gasteiger partial charge >= 0.3 is 0 Å². The van der Waals surface area contributed by atoms with Crippen LogP contribution in [-0.4, -0.2) is 28.0 Å². The largest absolute Gasteiger partial charge is 0.275 e. The van der Waals surface area contributed by atoms with Crippen molar-refractivity contribution in [2.24, 2.45) is 7.05 Å². The first-order chi connectivity index (χ1) is 9.44. The summed E-state index contributed by atoms with van der Waals surface area (Å²) < 4.78 is 30.5. The van der Waals surface area contributed by atoms with Crippen LogP contribution in [0.25, 0.3) is 0 Å². The maximum atomic E-state index is 12.4. The lowest BCUT2D eigenvalue weighted by Gasteiger charge is -2.13. The topological polar surface area (TPSA) is 81.8 Å². The summed E-state index contributed by atoms with van der Waals surface area (Å²) >= 11 is 0. The summed E-state index contributed by atoms with van der Waals surface area (Å²) in [5.41, 5.74) is 0.817. The fourth-order valence-electron chi connectivity index (χ4n) is 1.95. The number of hydrogen-bond donors (Lipinski definition) is 1. The van der Waals surface area contributed by atoms with Gasteiger partial charge in [-0.3, -0.25) is 9.36 Å². The predicted molar refractivity (Wildman–Crippen MR) is 74.5 cm³/mol. The Labute approximate surface area is 118 Å². The molecule has 2 heterocycles. The Morgan fingerprint density at radius 1 is 1.40 bits per heavy atom. The van der Waals surface area contributed by atoms with Crippen molar-refractivity contribution < 1.29 is 8.42 Å². The molecule has 7 nitrogen and oxygen atoms in total. The SMILES string of the molecule is CCCn1nccc1S(=O)(=O)NC(C)c1cnn(C)c1. The normalized spacial score (nSPS) is 13.6. The lowest BCUT2D eigenvalue weighted by molar-refractivity contribution is 0.517. The molecule has 0 saturated carbocycles. The van der Waals surface area contributed by atoms with Crippen molar-refractivity contribution in [1.82, 2.24) is 24.3 Å². The molecule has 1 unspecified atom stereocenters. The zero-order valence-corrected chi connectivity index (χ0v) is 12.6. The number of rotatable bonds is 6. The van der Waals surface area contributed by atoms with Crippen LogP contribution in [0.1, 0.15) is 31.9 Å². The summed E-state index contributed by atoms with van der Waals surface area (Å²) in [5, 5.41) is 8.27. The number of aromatic nitrogens is 4. The van der Waals surface area contributed by atoms with Crippen LogP contribution < -0.4 is 4.72 Å². The van der Waals surface area contributed by atoms with E-state index in [-0.39, 0.29) is 11.1 Å². The second kappa shape index (κ2) is 5.76. The van der Waals surface area contributed by atoms with Gasteiger partial charge in [-0.2, -0.15) is 10.2 Å². The van der Waals surface area contributed by atoms with Gasteiger partial charge in [-0.15, -0.1) is 0 Å². The summed E-state index contributed by atoms with van der Waals surface area (Å²) in [5.74, 6) is 0. The van der Waals surface area contributed by atoms with Crippen molar-refractivity contribution in [2.75, 3.05) is 0 Å². The van der Waals surface area contributed by atoms with E-state index in [1.54, 1.807) is 31.0 Å². The van der Waals surface area contributed by atoms with E-state index < -0.39 is 10.0 Å². The first-order valence-corrected chi connectivity index (χ1v) is 7.95. The molecule has 0 aliphatic heterocycles. The van der Waals surface area contributed by atoms with Gasteiger partial charge in [0.25, 0.3) is 10.0 Å². The van der Waals surface area contributed by atoms with Crippen LogP contribution in [0.3, 0.4) is 0 Å². The number of nitrogens with zero attached hydrogens (tertiary/aromatic N) is 4. The molecule has 0 aliphatic rings. The molecule has 20 heavy (non-hydrogen) atoms. The lowest BCUT2D eigenvalue weighted by Crippen LogP contribution is -2.28. The molecule has 0 aromatic carbocycles. The monoisotopic (exact) mass is 297 g/mol. The third-order valence-electron chi connectivity index (χ3n) is 2.95. The van der Waals surface area contributed by atoms with Crippen LogP contribution >= 0.6 is 0 Å². The smallest absolute Gasteiger partial charge is 0.258 e. The minimum Gasteiger partial charge on any atom is -0.275 e. The second-order valence-electron chi connectivity index (χ2n) is 4.68. The van der Waals surface area contributed by atoms with Gasteiger partial charge in [0.05, 0.1) is 12.4 Å². The van der Waals surface area contributed by atoms with Gasteiger partial charge in [-0.1, -0.05) is 6.92 Å². The Morgan fingerprint density at radius 2 is 2.15 bits per heavy atom. The van der Waals surface area contributed by atoms with E-state index in [2.05, 4.69) is 14.9 Å². The Morgan fingerprint density at radius 3 is 2.75 bits per heavy atom. The molecule has 2 aromatic rings. The molecule has 1 atom stereocenters. The van der Waals surface area contributed by atoms with Crippen molar-refractivity contribution in [3.05, 3.63) is 30.2 Å². The molecule has 2 aromatic heterocycles. The molecule has 0 amide bonds. The molecule has 0 saturated heterocycles. The molecule has 8 heteroatoms. The summed E-state index contributed by atoms with van der Waals surface area (Å²) in [6.07, 6.45) is 5.76. The van der Waals surface area contributed by atoms with E-state index in [0.29, 0.717) is 6.54 Å². The molecule has 0 fully saturated rings. The van der Waals surface area contributed by atoms with Crippen LogP contribution in [0.15, 0.2) is 29.7 Å². The highest BCUT2D eigenvalue weighted by atomic mass is 32.2. The summed E-state index contributed by atoms with van der Waals surface area (Å²) in [6.45, 7) is 4.34. The van der Waals surface area contributed by atoms with Gasteiger partial charge in [0.1, 0.15) is 0 Å². The van der Waals surface area contributed by atoms with E-state index in [1.165, 1.54) is 16.9 Å². The average Bonchev–Trinajstić information content (AvgIpc) is 2.98. The molecule has 2 rings (SSSR count). The fourth-order valence-corrected chi connectivity index (χ4v) is 3.33. The molecule has 110 valence electrons. The van der Waals surface area contributed by atoms with Crippen molar-refractivity contribution >= 4 is 10.0 Å². The maximum Gasteiger partial charge on any atom is 0.258 e.